The van der Waals surface area contributed by atoms with Crippen LogP contribution in [0.2, 0.25) is 0 Å². The SMILES string of the molecule is O=[N+]([O-])c1ccc2c(c1)OCC21C=CC2(CC1)OCCO2. The third-order valence-corrected chi connectivity index (χ3v) is 4.55. The van der Waals surface area contributed by atoms with Gasteiger partial charge in [-0.3, -0.25) is 10.1 Å². The first kappa shape index (κ1) is 12.8. The van der Waals surface area contributed by atoms with Gasteiger partial charge < -0.3 is 14.2 Å². The van der Waals surface area contributed by atoms with Crippen LogP contribution < -0.4 is 4.74 Å². The summed E-state index contributed by atoms with van der Waals surface area (Å²) in [6.45, 7) is 1.75. The number of nitrogens with zero attached hydrogens (tertiary/aromatic N) is 1. The zero-order chi connectivity index (χ0) is 14.5. The van der Waals surface area contributed by atoms with Crippen molar-refractivity contribution in [1.29, 1.82) is 0 Å². The molecule has 1 aliphatic carbocycles. The molecule has 1 atom stereocenters. The van der Waals surface area contributed by atoms with Crippen LogP contribution in [0.4, 0.5) is 5.69 Å². The lowest BCUT2D eigenvalue weighted by molar-refractivity contribution is -0.384. The van der Waals surface area contributed by atoms with E-state index in [9.17, 15) is 10.1 Å². The average molecular weight is 289 g/mol. The summed E-state index contributed by atoms with van der Waals surface area (Å²) in [4.78, 5) is 10.4. The van der Waals surface area contributed by atoms with Crippen molar-refractivity contribution in [3.63, 3.8) is 0 Å². The van der Waals surface area contributed by atoms with E-state index >= 15 is 0 Å². The number of hydrogen-bond donors (Lipinski definition) is 0. The highest BCUT2D eigenvalue weighted by Gasteiger charge is 2.47. The van der Waals surface area contributed by atoms with Crippen molar-refractivity contribution < 1.29 is 19.1 Å². The van der Waals surface area contributed by atoms with Crippen LogP contribution in [0.1, 0.15) is 18.4 Å². The van der Waals surface area contributed by atoms with Crippen molar-refractivity contribution in [2.75, 3.05) is 19.8 Å². The fourth-order valence-corrected chi connectivity index (χ4v) is 3.35. The Bertz CT molecular complexity index is 635. The zero-order valence-corrected chi connectivity index (χ0v) is 11.4. The molecule has 21 heavy (non-hydrogen) atoms. The van der Waals surface area contributed by atoms with Crippen LogP contribution in [0.5, 0.6) is 5.75 Å². The first-order valence-corrected chi connectivity index (χ1v) is 7.03. The second-order valence-electron chi connectivity index (χ2n) is 5.72. The minimum absolute atomic E-state index is 0.0597. The van der Waals surface area contributed by atoms with E-state index in [1.807, 2.05) is 6.08 Å². The summed E-state index contributed by atoms with van der Waals surface area (Å²) in [5.74, 6) is 0.0347. The van der Waals surface area contributed by atoms with Gasteiger partial charge in [-0.2, -0.15) is 0 Å². The standard InChI is InChI=1S/C15H15NO5/c17-16(18)11-1-2-12-13(9-11)19-10-14(12)3-5-15(6-4-14)20-7-8-21-15/h1-3,5,9H,4,6-8,10H2. The molecule has 3 aliphatic rings. The minimum Gasteiger partial charge on any atom is -0.492 e. The Balaban J connectivity index is 1.69. The number of non-ortho nitro benzene ring substituents is 1. The van der Waals surface area contributed by atoms with Crippen LogP contribution in [0.25, 0.3) is 0 Å². The van der Waals surface area contributed by atoms with Gasteiger partial charge in [-0.05, 0) is 18.6 Å². The Hall–Kier alpha value is -1.92. The number of hydrogen-bond acceptors (Lipinski definition) is 5. The topological polar surface area (TPSA) is 70.8 Å². The summed E-state index contributed by atoms with van der Waals surface area (Å²) in [5.41, 5.74) is 0.854. The molecule has 1 fully saturated rings. The molecule has 0 radical (unpaired) electrons. The third kappa shape index (κ3) is 1.86. The van der Waals surface area contributed by atoms with Gasteiger partial charge >= 0.3 is 0 Å². The van der Waals surface area contributed by atoms with E-state index in [0.29, 0.717) is 25.6 Å². The molecule has 0 amide bonds. The summed E-state index contributed by atoms with van der Waals surface area (Å²) in [7, 11) is 0. The molecule has 6 nitrogen and oxygen atoms in total. The number of benzene rings is 1. The summed E-state index contributed by atoms with van der Waals surface area (Å²) in [5, 5.41) is 10.8. The summed E-state index contributed by atoms with van der Waals surface area (Å²) < 4.78 is 17.1. The van der Waals surface area contributed by atoms with Gasteiger partial charge in [-0.15, -0.1) is 0 Å². The summed E-state index contributed by atoms with van der Waals surface area (Å²) in [6, 6.07) is 4.85. The second kappa shape index (κ2) is 4.29. The van der Waals surface area contributed by atoms with Crippen molar-refractivity contribution in [2.24, 2.45) is 0 Å². The number of nitro benzene ring substituents is 1. The Morgan fingerprint density at radius 3 is 2.62 bits per heavy atom. The van der Waals surface area contributed by atoms with E-state index in [1.54, 1.807) is 6.07 Å². The molecule has 4 rings (SSSR count). The van der Waals surface area contributed by atoms with Gasteiger partial charge in [-0.25, -0.2) is 0 Å². The van der Waals surface area contributed by atoms with E-state index in [1.165, 1.54) is 12.1 Å². The Morgan fingerprint density at radius 1 is 1.14 bits per heavy atom. The Labute approximate surface area is 121 Å². The molecule has 1 saturated heterocycles. The molecular weight excluding hydrogens is 274 g/mol. The predicted octanol–water partition coefficient (Wildman–Crippen LogP) is 2.32. The minimum atomic E-state index is -0.575. The highest BCUT2D eigenvalue weighted by molar-refractivity contribution is 5.53. The van der Waals surface area contributed by atoms with Gasteiger partial charge in [0.25, 0.3) is 5.69 Å². The molecule has 2 aliphatic heterocycles. The smallest absolute Gasteiger partial charge is 0.273 e. The van der Waals surface area contributed by atoms with Crippen LogP contribution in [0.3, 0.4) is 0 Å². The quantitative estimate of drug-likeness (QED) is 0.451. The zero-order valence-electron chi connectivity index (χ0n) is 11.4. The van der Waals surface area contributed by atoms with E-state index in [4.69, 9.17) is 14.2 Å². The molecule has 1 unspecified atom stereocenters. The van der Waals surface area contributed by atoms with Gasteiger partial charge in [0.1, 0.15) is 12.4 Å². The van der Waals surface area contributed by atoms with Crippen LogP contribution in [0.15, 0.2) is 30.4 Å². The van der Waals surface area contributed by atoms with Crippen LogP contribution >= 0.6 is 0 Å². The summed E-state index contributed by atoms with van der Waals surface area (Å²) in [6.07, 6.45) is 5.67. The maximum atomic E-state index is 10.8. The van der Waals surface area contributed by atoms with Gasteiger partial charge in [-0.1, -0.05) is 6.08 Å². The van der Waals surface area contributed by atoms with Crippen LogP contribution in [-0.2, 0) is 14.9 Å². The van der Waals surface area contributed by atoms with Gasteiger partial charge in [0.05, 0.1) is 29.6 Å². The molecule has 110 valence electrons. The molecule has 2 heterocycles. The normalized spacial score (nSPS) is 28.8. The van der Waals surface area contributed by atoms with Crippen LogP contribution in [-0.4, -0.2) is 30.5 Å². The van der Waals surface area contributed by atoms with Crippen molar-refractivity contribution in [1.82, 2.24) is 0 Å². The third-order valence-electron chi connectivity index (χ3n) is 4.55. The van der Waals surface area contributed by atoms with Gasteiger partial charge in [0, 0.05) is 18.1 Å². The second-order valence-corrected chi connectivity index (χ2v) is 5.72. The van der Waals surface area contributed by atoms with Crippen molar-refractivity contribution >= 4 is 5.69 Å². The molecule has 2 spiro atoms. The van der Waals surface area contributed by atoms with Crippen LogP contribution in [0, 0.1) is 10.1 Å². The monoisotopic (exact) mass is 289 g/mol. The van der Waals surface area contributed by atoms with Crippen molar-refractivity contribution in [2.45, 2.75) is 24.0 Å². The first-order valence-electron chi connectivity index (χ1n) is 7.03. The van der Waals surface area contributed by atoms with Crippen molar-refractivity contribution in [3.8, 4) is 5.75 Å². The maximum absolute atomic E-state index is 10.8. The van der Waals surface area contributed by atoms with E-state index in [-0.39, 0.29) is 11.1 Å². The molecular formula is C15H15NO5. The number of rotatable bonds is 1. The van der Waals surface area contributed by atoms with Crippen molar-refractivity contribution in [3.05, 3.63) is 46.0 Å². The van der Waals surface area contributed by atoms with E-state index < -0.39 is 10.7 Å². The lowest BCUT2D eigenvalue weighted by Gasteiger charge is -2.35. The predicted molar refractivity (Wildman–Crippen MR) is 73.3 cm³/mol. The molecule has 1 aromatic rings. The highest BCUT2D eigenvalue weighted by Crippen LogP contribution is 2.48. The molecule has 0 aromatic heterocycles. The number of fused-ring (bicyclic) bond motifs is 2. The number of nitro groups is 1. The molecule has 6 heteroatoms. The maximum Gasteiger partial charge on any atom is 0.273 e. The molecule has 1 aromatic carbocycles. The van der Waals surface area contributed by atoms with Gasteiger partial charge in [0.2, 0.25) is 0 Å². The lowest BCUT2D eigenvalue weighted by Crippen LogP contribution is -2.38. The molecule has 0 N–H and O–H groups in total. The van der Waals surface area contributed by atoms with E-state index in [0.717, 1.165) is 18.4 Å². The summed E-state index contributed by atoms with van der Waals surface area (Å²) >= 11 is 0. The Kier molecular flexibility index (Phi) is 2.61. The fraction of sp³-hybridized carbons (Fsp3) is 0.467. The fourth-order valence-electron chi connectivity index (χ4n) is 3.35. The molecule has 0 saturated carbocycles. The first-order chi connectivity index (χ1) is 10.1. The largest absolute Gasteiger partial charge is 0.492 e. The van der Waals surface area contributed by atoms with Gasteiger partial charge in [0.15, 0.2) is 5.79 Å². The van der Waals surface area contributed by atoms with E-state index in [2.05, 4.69) is 6.08 Å². The molecule has 0 bridgehead atoms. The highest BCUT2D eigenvalue weighted by atomic mass is 16.7. The lowest BCUT2D eigenvalue weighted by atomic mass is 9.73. The Morgan fingerprint density at radius 2 is 1.95 bits per heavy atom. The number of ether oxygens (including phenoxy) is 3. The average Bonchev–Trinajstić information content (AvgIpc) is 3.08.